The zero-order chi connectivity index (χ0) is 48.5. The molecule has 2 aromatic heterocycles. The molecule has 0 bridgehead atoms. The molecule has 2 unspecified atom stereocenters. The number of fused-ring (bicyclic) bond motifs is 2. The molecule has 2 aliphatic rings. The molecule has 0 radical (unpaired) electrons. The second-order valence-electron chi connectivity index (χ2n) is 16.3. The molecule has 362 valence electrons. The van der Waals surface area contributed by atoms with Crippen LogP contribution in [0.25, 0.3) is 0 Å². The van der Waals surface area contributed by atoms with Crippen LogP contribution in [0.2, 0.25) is 15.2 Å². The minimum Gasteiger partial charge on any atom is -0.489 e. The largest absolute Gasteiger partial charge is 0.489 e. The Labute approximate surface area is 407 Å². The highest BCUT2D eigenvalue weighted by atomic mass is 35.5. The number of rotatable bonds is 18. The Morgan fingerprint density at radius 2 is 1.29 bits per heavy atom. The van der Waals surface area contributed by atoms with Crippen molar-refractivity contribution in [1.82, 2.24) is 19.6 Å². The Morgan fingerprint density at radius 1 is 0.706 bits per heavy atom. The maximum Gasteiger partial charge on any atom is 0.271 e. The minimum atomic E-state index is -4.45. The molecule has 0 fully saturated rings. The predicted molar refractivity (Wildman–Crippen MR) is 252 cm³/mol. The molecule has 2 atom stereocenters. The van der Waals surface area contributed by atoms with Gasteiger partial charge in [-0.2, -0.15) is 5.10 Å². The molecule has 4 heterocycles. The van der Waals surface area contributed by atoms with Gasteiger partial charge in [-0.15, -0.1) is 5.10 Å². The van der Waals surface area contributed by atoms with E-state index in [4.69, 9.17) is 49.0 Å². The molecule has 0 saturated heterocycles. The summed E-state index contributed by atoms with van der Waals surface area (Å²) in [6, 6.07) is 16.6. The molecule has 68 heavy (non-hydrogen) atoms. The molecule has 15 nitrogen and oxygen atoms in total. The van der Waals surface area contributed by atoms with Crippen molar-refractivity contribution in [2.75, 3.05) is 41.5 Å². The zero-order valence-electron chi connectivity index (χ0n) is 36.8. The summed E-state index contributed by atoms with van der Waals surface area (Å²) in [6.45, 7) is 2.71. The summed E-state index contributed by atoms with van der Waals surface area (Å²) in [5, 5.41) is 29.4. The van der Waals surface area contributed by atoms with Crippen LogP contribution < -0.4 is 22.8 Å². The van der Waals surface area contributed by atoms with Crippen molar-refractivity contribution in [2.24, 2.45) is 11.8 Å². The minimum absolute atomic E-state index is 0.0328. The number of halogens is 5. The van der Waals surface area contributed by atoms with E-state index in [1.54, 1.807) is 38.1 Å². The monoisotopic (exact) mass is 1030 g/mol. The van der Waals surface area contributed by atoms with Crippen LogP contribution in [0.3, 0.4) is 0 Å². The SMILES string of the molecule is CCOc1nn(CC)cc1S(=O)(=O)N1CC(CO)Cc2c(CCn3cc(S(=O)(=O)N4CC(CO)Cc5ccc(OCc6c(F)cccc6Cl)cc54)c(Cl)n3)cc(OCc3c(F)cccc3Cl)cc21. The number of ether oxygens (including phenoxy) is 3. The normalized spacial score (nSPS) is 16.1. The Bertz CT molecular complexity index is 3030. The standard InChI is InChI=1S/C46H47Cl3F2N6O9S2/c1-3-54-23-44(46(53-54)64-4-2)68(62,63)57-21-29(25-59)16-34-30(17-33(19-42(34)57)66-27-36-38(48)8-6-10-40(36)51)13-14-55-22-43(45(49)52-55)67(60,61)56-20-28(24-58)15-31-11-12-32(18-41(31)56)65-26-35-37(47)7-5-9-39(35)50/h5-12,17-19,22-23,28-29,58-59H,3-4,13-16,20-21,24-27H2,1-2H3. The van der Waals surface area contributed by atoms with Gasteiger partial charge < -0.3 is 24.4 Å². The number of aryl methyl sites for hydroxylation is 3. The van der Waals surface area contributed by atoms with Crippen molar-refractivity contribution in [3.05, 3.63) is 134 Å². The van der Waals surface area contributed by atoms with Crippen LogP contribution in [0.15, 0.2) is 88.9 Å². The van der Waals surface area contributed by atoms with Gasteiger partial charge in [-0.05, 0) is 86.2 Å². The van der Waals surface area contributed by atoms with Crippen LogP contribution in [0.1, 0.15) is 41.7 Å². The lowest BCUT2D eigenvalue weighted by atomic mass is 9.89. The van der Waals surface area contributed by atoms with Gasteiger partial charge in [0.15, 0.2) is 10.0 Å². The maximum atomic E-state index is 14.9. The molecular weight excluding hydrogens is 989 g/mol. The van der Waals surface area contributed by atoms with Crippen LogP contribution >= 0.6 is 34.8 Å². The van der Waals surface area contributed by atoms with E-state index in [1.807, 2.05) is 0 Å². The van der Waals surface area contributed by atoms with Crippen molar-refractivity contribution in [3.63, 3.8) is 0 Å². The van der Waals surface area contributed by atoms with Gasteiger partial charge in [-0.1, -0.05) is 53.0 Å². The van der Waals surface area contributed by atoms with Crippen molar-refractivity contribution < 1.29 is 50.0 Å². The summed E-state index contributed by atoms with van der Waals surface area (Å²) in [5.41, 5.74) is 2.51. The van der Waals surface area contributed by atoms with E-state index in [1.165, 1.54) is 68.5 Å². The Kier molecular flexibility index (Phi) is 14.8. The van der Waals surface area contributed by atoms with Crippen LogP contribution in [-0.2, 0) is 65.6 Å². The van der Waals surface area contributed by atoms with Gasteiger partial charge >= 0.3 is 0 Å². The smallest absolute Gasteiger partial charge is 0.271 e. The number of aliphatic hydroxyl groups is 2. The lowest BCUT2D eigenvalue weighted by Crippen LogP contribution is -2.41. The third-order valence-electron chi connectivity index (χ3n) is 11.9. The number of hydrogen-bond donors (Lipinski definition) is 2. The van der Waals surface area contributed by atoms with E-state index in [0.29, 0.717) is 29.7 Å². The third kappa shape index (κ3) is 9.97. The molecule has 0 aliphatic carbocycles. The Morgan fingerprint density at radius 3 is 1.91 bits per heavy atom. The highest BCUT2D eigenvalue weighted by Crippen LogP contribution is 2.42. The molecule has 8 rings (SSSR count). The second kappa shape index (κ2) is 20.4. The first-order valence-electron chi connectivity index (χ1n) is 21.7. The van der Waals surface area contributed by atoms with Crippen molar-refractivity contribution in [3.8, 4) is 17.4 Å². The van der Waals surface area contributed by atoms with E-state index in [9.17, 15) is 35.8 Å². The first kappa shape index (κ1) is 49.3. The average molecular weight is 1040 g/mol. The molecule has 6 aromatic rings. The van der Waals surface area contributed by atoms with E-state index >= 15 is 0 Å². The Balaban J connectivity index is 1.13. The number of aromatic nitrogens is 4. The number of aliphatic hydroxyl groups excluding tert-OH is 2. The molecule has 2 N–H and O–H groups in total. The summed E-state index contributed by atoms with van der Waals surface area (Å²) in [5.74, 6) is -1.79. The van der Waals surface area contributed by atoms with Crippen molar-refractivity contribution in [2.45, 2.75) is 69.2 Å². The predicted octanol–water partition coefficient (Wildman–Crippen LogP) is 7.86. The van der Waals surface area contributed by atoms with Crippen LogP contribution in [0.5, 0.6) is 17.4 Å². The molecule has 0 amide bonds. The number of nitrogens with zero attached hydrogens (tertiary/aromatic N) is 6. The van der Waals surface area contributed by atoms with Gasteiger partial charge in [0.25, 0.3) is 25.9 Å². The fraction of sp³-hybridized carbons (Fsp3) is 0.348. The number of hydrogen-bond acceptors (Lipinski definition) is 11. The lowest BCUT2D eigenvalue weighted by molar-refractivity contribution is 0.227. The third-order valence-corrected chi connectivity index (χ3v) is 16.5. The number of benzene rings is 4. The van der Waals surface area contributed by atoms with Crippen LogP contribution in [0.4, 0.5) is 20.2 Å². The van der Waals surface area contributed by atoms with Gasteiger partial charge in [-0.3, -0.25) is 18.0 Å². The van der Waals surface area contributed by atoms with E-state index in [-0.39, 0.29) is 130 Å². The average Bonchev–Trinajstić information content (AvgIpc) is 3.93. The highest BCUT2D eigenvalue weighted by molar-refractivity contribution is 7.93. The van der Waals surface area contributed by atoms with Gasteiger partial charge in [0.2, 0.25) is 0 Å². The lowest BCUT2D eigenvalue weighted by Gasteiger charge is -2.36. The summed E-state index contributed by atoms with van der Waals surface area (Å²) in [4.78, 5) is -0.487. The molecule has 0 saturated carbocycles. The molecular formula is C46H47Cl3F2N6O9S2. The van der Waals surface area contributed by atoms with Crippen LogP contribution in [0, 0.1) is 23.5 Å². The first-order chi connectivity index (χ1) is 32.5. The Hall–Kier alpha value is -5.15. The van der Waals surface area contributed by atoms with Gasteiger partial charge in [0.1, 0.15) is 41.2 Å². The van der Waals surface area contributed by atoms with Gasteiger partial charge in [0, 0.05) is 86.9 Å². The van der Waals surface area contributed by atoms with E-state index in [2.05, 4.69) is 10.2 Å². The van der Waals surface area contributed by atoms with Crippen molar-refractivity contribution in [1.29, 1.82) is 0 Å². The summed E-state index contributed by atoms with van der Waals surface area (Å²) in [7, 11) is -8.84. The fourth-order valence-electron chi connectivity index (χ4n) is 8.34. The fourth-order valence-corrected chi connectivity index (χ4v) is 12.4. The van der Waals surface area contributed by atoms with Gasteiger partial charge in [0.05, 0.1) is 28.0 Å². The maximum absolute atomic E-state index is 14.9. The molecule has 0 spiro atoms. The van der Waals surface area contributed by atoms with E-state index in [0.717, 1.165) is 4.31 Å². The molecule has 22 heteroatoms. The number of sulfonamides is 2. The first-order valence-corrected chi connectivity index (χ1v) is 25.7. The number of anilines is 2. The van der Waals surface area contributed by atoms with E-state index < -0.39 is 43.5 Å². The molecule has 2 aliphatic heterocycles. The second-order valence-corrected chi connectivity index (χ2v) is 21.1. The van der Waals surface area contributed by atoms with Gasteiger partial charge in [-0.25, -0.2) is 25.6 Å². The highest BCUT2D eigenvalue weighted by Gasteiger charge is 2.39. The topological polar surface area (TPSA) is 179 Å². The summed E-state index contributed by atoms with van der Waals surface area (Å²) < 4.78 is 111. The van der Waals surface area contributed by atoms with Crippen LogP contribution in [-0.4, -0.2) is 79.5 Å². The molecule has 4 aromatic carbocycles. The quantitative estimate of drug-likeness (QED) is 0.0857. The summed E-state index contributed by atoms with van der Waals surface area (Å²) in [6.07, 6.45) is 3.45. The van der Waals surface area contributed by atoms with Crippen molar-refractivity contribution >= 4 is 66.2 Å². The summed E-state index contributed by atoms with van der Waals surface area (Å²) >= 11 is 19.2. The zero-order valence-corrected chi connectivity index (χ0v) is 40.7.